The van der Waals surface area contributed by atoms with E-state index in [1.54, 1.807) is 9.58 Å². The Morgan fingerprint density at radius 2 is 2.19 bits per heavy atom. The molecule has 1 atom stereocenters. The van der Waals surface area contributed by atoms with Gasteiger partial charge < -0.3 is 10.2 Å². The van der Waals surface area contributed by atoms with Gasteiger partial charge >= 0.3 is 0 Å². The first kappa shape index (κ1) is 15.5. The third kappa shape index (κ3) is 3.62. The highest BCUT2D eigenvalue weighted by Gasteiger charge is 2.34. The van der Waals surface area contributed by atoms with Crippen molar-refractivity contribution in [2.24, 2.45) is 13.0 Å². The summed E-state index contributed by atoms with van der Waals surface area (Å²) in [7, 11) is 1.84. The lowest BCUT2D eigenvalue weighted by Crippen LogP contribution is -2.43. The van der Waals surface area contributed by atoms with E-state index in [9.17, 15) is 9.59 Å². The summed E-state index contributed by atoms with van der Waals surface area (Å²) >= 11 is 0. The molecule has 2 heterocycles. The normalized spacial score (nSPS) is 17.8. The molecule has 0 aromatic carbocycles. The average molecular weight is 292 g/mol. The van der Waals surface area contributed by atoms with Crippen molar-refractivity contribution in [3.8, 4) is 0 Å². The lowest BCUT2D eigenvalue weighted by atomic mass is 9.95. The third-order valence-electron chi connectivity index (χ3n) is 3.81. The van der Waals surface area contributed by atoms with Gasteiger partial charge in [-0.2, -0.15) is 5.10 Å². The molecule has 1 aliphatic rings. The lowest BCUT2D eigenvalue weighted by molar-refractivity contribution is -0.131. The van der Waals surface area contributed by atoms with Crippen molar-refractivity contribution in [3.63, 3.8) is 0 Å². The van der Waals surface area contributed by atoms with Crippen LogP contribution in [0, 0.1) is 5.92 Å². The Balaban J connectivity index is 2.13. The highest BCUT2D eigenvalue weighted by atomic mass is 16.2. The highest BCUT2D eigenvalue weighted by molar-refractivity contribution is 5.85. The summed E-state index contributed by atoms with van der Waals surface area (Å²) in [5.74, 6) is 0.132. The first-order valence-electron chi connectivity index (χ1n) is 7.44. The van der Waals surface area contributed by atoms with Crippen LogP contribution in [0.2, 0.25) is 0 Å². The summed E-state index contributed by atoms with van der Waals surface area (Å²) in [6.07, 6.45) is 2.84. The van der Waals surface area contributed by atoms with E-state index >= 15 is 0 Å². The monoisotopic (exact) mass is 292 g/mol. The zero-order valence-corrected chi connectivity index (χ0v) is 13.2. The van der Waals surface area contributed by atoms with Crippen LogP contribution >= 0.6 is 0 Å². The van der Waals surface area contributed by atoms with Crippen molar-refractivity contribution in [3.05, 3.63) is 17.5 Å². The molecule has 116 valence electrons. The van der Waals surface area contributed by atoms with Crippen LogP contribution in [0.1, 0.15) is 44.4 Å². The van der Waals surface area contributed by atoms with E-state index in [-0.39, 0.29) is 17.7 Å². The molecule has 0 saturated heterocycles. The Morgan fingerprint density at radius 3 is 2.81 bits per heavy atom. The molecule has 1 aromatic rings. The number of nitrogens with zero attached hydrogens (tertiary/aromatic N) is 3. The van der Waals surface area contributed by atoms with Crippen molar-refractivity contribution in [2.75, 3.05) is 13.1 Å². The van der Waals surface area contributed by atoms with Crippen LogP contribution < -0.4 is 5.32 Å². The number of fused-ring (bicyclic) bond motifs is 1. The van der Waals surface area contributed by atoms with Crippen LogP contribution in [0.5, 0.6) is 0 Å². The number of hydrogen-bond acceptors (Lipinski definition) is 3. The Hall–Kier alpha value is -1.85. The van der Waals surface area contributed by atoms with E-state index in [0.717, 1.165) is 17.7 Å². The number of carbonyl (C=O) groups is 2. The first-order valence-corrected chi connectivity index (χ1v) is 7.44. The second-order valence-corrected chi connectivity index (χ2v) is 6.14. The van der Waals surface area contributed by atoms with Gasteiger partial charge in [0.2, 0.25) is 11.8 Å². The summed E-state index contributed by atoms with van der Waals surface area (Å²) < 4.78 is 1.71. The molecule has 0 spiro atoms. The number of nitrogens with one attached hydrogen (secondary N) is 1. The maximum Gasteiger partial charge on any atom is 0.231 e. The van der Waals surface area contributed by atoms with E-state index in [1.165, 1.54) is 6.92 Å². The zero-order chi connectivity index (χ0) is 15.6. The van der Waals surface area contributed by atoms with Gasteiger partial charge in [-0.3, -0.25) is 14.3 Å². The fourth-order valence-electron chi connectivity index (χ4n) is 2.60. The van der Waals surface area contributed by atoms with Crippen molar-refractivity contribution in [2.45, 2.75) is 39.7 Å². The predicted octanol–water partition coefficient (Wildman–Crippen LogP) is 1.03. The molecule has 1 N–H and O–H groups in total. The maximum atomic E-state index is 12.4. The van der Waals surface area contributed by atoms with Gasteiger partial charge in [0.1, 0.15) is 0 Å². The fraction of sp³-hybridized carbons (Fsp3) is 0.667. The minimum Gasteiger partial charge on any atom is -0.355 e. The summed E-state index contributed by atoms with van der Waals surface area (Å²) in [6, 6.07) is 0. The van der Waals surface area contributed by atoms with Crippen LogP contribution in [0.3, 0.4) is 0 Å². The zero-order valence-electron chi connectivity index (χ0n) is 13.2. The molecular weight excluding hydrogens is 268 g/mol. The van der Waals surface area contributed by atoms with E-state index in [2.05, 4.69) is 24.3 Å². The number of hydrogen-bond donors (Lipinski definition) is 1. The summed E-state index contributed by atoms with van der Waals surface area (Å²) in [6.45, 7) is 7.40. The molecule has 1 aliphatic heterocycles. The van der Waals surface area contributed by atoms with Crippen molar-refractivity contribution in [1.82, 2.24) is 20.0 Å². The standard InChI is InChI=1S/C15H24N4O2/c1-10(2)5-6-16-15(21)13-9-19(11(3)20)8-12-7-18(4)17-14(12)13/h7,10,13H,5-6,8-9H2,1-4H3,(H,16,21). The van der Waals surface area contributed by atoms with Gasteiger partial charge in [-0.15, -0.1) is 0 Å². The number of aromatic nitrogens is 2. The van der Waals surface area contributed by atoms with Crippen molar-refractivity contribution in [1.29, 1.82) is 0 Å². The Bertz CT molecular complexity index is 536. The minimum absolute atomic E-state index is 0.00974. The number of aryl methyl sites for hydroxylation is 1. The SMILES string of the molecule is CC(=O)N1Cc2cn(C)nc2C(C(=O)NCCC(C)C)C1. The molecule has 1 unspecified atom stereocenters. The molecule has 0 bridgehead atoms. The number of carbonyl (C=O) groups excluding carboxylic acids is 2. The molecule has 0 aliphatic carbocycles. The molecule has 6 nitrogen and oxygen atoms in total. The van der Waals surface area contributed by atoms with Crippen LogP contribution in [-0.2, 0) is 23.2 Å². The van der Waals surface area contributed by atoms with Gasteiger partial charge in [0.05, 0.1) is 11.6 Å². The van der Waals surface area contributed by atoms with Gasteiger partial charge in [-0.1, -0.05) is 13.8 Å². The van der Waals surface area contributed by atoms with Crippen molar-refractivity contribution >= 4 is 11.8 Å². The summed E-state index contributed by atoms with van der Waals surface area (Å²) in [5.41, 5.74) is 1.76. The smallest absolute Gasteiger partial charge is 0.231 e. The fourth-order valence-corrected chi connectivity index (χ4v) is 2.60. The predicted molar refractivity (Wildman–Crippen MR) is 79.5 cm³/mol. The summed E-state index contributed by atoms with van der Waals surface area (Å²) in [4.78, 5) is 25.8. The molecule has 0 fully saturated rings. The molecule has 1 aromatic heterocycles. The van der Waals surface area contributed by atoms with Crippen LogP contribution in [0.25, 0.3) is 0 Å². The van der Waals surface area contributed by atoms with Gasteiger partial charge in [0.25, 0.3) is 0 Å². The van der Waals surface area contributed by atoms with E-state index < -0.39 is 0 Å². The van der Waals surface area contributed by atoms with Crippen LogP contribution in [-0.4, -0.2) is 39.6 Å². The molecule has 6 heteroatoms. The summed E-state index contributed by atoms with van der Waals surface area (Å²) in [5, 5.41) is 7.38. The molecule has 0 radical (unpaired) electrons. The van der Waals surface area contributed by atoms with Gasteiger partial charge in [-0.05, 0) is 12.3 Å². The minimum atomic E-state index is -0.369. The lowest BCUT2D eigenvalue weighted by Gasteiger charge is -2.30. The molecule has 2 rings (SSSR count). The van der Waals surface area contributed by atoms with Crippen LogP contribution in [0.15, 0.2) is 6.20 Å². The highest BCUT2D eigenvalue weighted by Crippen LogP contribution is 2.27. The van der Waals surface area contributed by atoms with E-state index in [1.807, 2.05) is 13.2 Å². The number of rotatable bonds is 4. The first-order chi connectivity index (χ1) is 9.88. The van der Waals surface area contributed by atoms with E-state index in [0.29, 0.717) is 25.6 Å². The van der Waals surface area contributed by atoms with Crippen LogP contribution in [0.4, 0.5) is 0 Å². The van der Waals surface area contributed by atoms with E-state index in [4.69, 9.17) is 0 Å². The molecular formula is C15H24N4O2. The third-order valence-corrected chi connectivity index (χ3v) is 3.81. The molecule has 21 heavy (non-hydrogen) atoms. The second-order valence-electron chi connectivity index (χ2n) is 6.14. The van der Waals surface area contributed by atoms with Gasteiger partial charge in [0.15, 0.2) is 0 Å². The molecule has 2 amide bonds. The Morgan fingerprint density at radius 1 is 1.48 bits per heavy atom. The van der Waals surface area contributed by atoms with Gasteiger partial charge in [-0.25, -0.2) is 0 Å². The Labute approximate surface area is 125 Å². The average Bonchev–Trinajstić information content (AvgIpc) is 2.76. The number of amides is 2. The topological polar surface area (TPSA) is 67.2 Å². The van der Waals surface area contributed by atoms with Crippen molar-refractivity contribution < 1.29 is 9.59 Å². The largest absolute Gasteiger partial charge is 0.355 e. The second kappa shape index (κ2) is 6.28. The maximum absolute atomic E-state index is 12.4. The Kier molecular flexibility index (Phi) is 4.65. The van der Waals surface area contributed by atoms with Gasteiger partial charge in [0, 0.05) is 45.4 Å². The quantitative estimate of drug-likeness (QED) is 0.901. The molecule has 0 saturated carbocycles.